The molecule has 0 aliphatic carbocycles. The van der Waals surface area contributed by atoms with Crippen LogP contribution in [-0.2, 0) is 11.2 Å². The normalized spacial score (nSPS) is 18.5. The van der Waals surface area contributed by atoms with Crippen molar-refractivity contribution in [1.82, 2.24) is 20.2 Å². The number of halogens is 1. The first-order chi connectivity index (χ1) is 19.6. The number of aromatic amines is 1. The van der Waals surface area contributed by atoms with Crippen LogP contribution in [0.25, 0.3) is 11.3 Å². The van der Waals surface area contributed by atoms with Crippen molar-refractivity contribution < 1.29 is 23.8 Å². The van der Waals surface area contributed by atoms with Crippen molar-refractivity contribution in [1.29, 1.82) is 0 Å². The Morgan fingerprint density at radius 2 is 2.05 bits per heavy atom. The number of para-hydroxylation sites is 1. The van der Waals surface area contributed by atoms with Gasteiger partial charge in [-0.2, -0.15) is 0 Å². The van der Waals surface area contributed by atoms with Gasteiger partial charge in [-0.1, -0.05) is 17.7 Å². The Kier molecular flexibility index (Phi) is 8.04. The largest absolute Gasteiger partial charge is 0.493 e. The van der Waals surface area contributed by atoms with Gasteiger partial charge in [0.25, 0.3) is 5.91 Å². The quantitative estimate of drug-likeness (QED) is 0.316. The smallest absolute Gasteiger partial charge is 0.410 e. The molecule has 2 atom stereocenters. The summed E-state index contributed by atoms with van der Waals surface area (Å²) in [5.74, 6) is 0.813. The molecule has 0 bridgehead atoms. The van der Waals surface area contributed by atoms with Crippen molar-refractivity contribution in [3.63, 3.8) is 0 Å². The number of hydrogen-bond donors (Lipinski definition) is 3. The van der Waals surface area contributed by atoms with Crippen LogP contribution in [0.15, 0.2) is 36.7 Å². The van der Waals surface area contributed by atoms with Crippen molar-refractivity contribution >= 4 is 35.0 Å². The van der Waals surface area contributed by atoms with E-state index in [1.807, 2.05) is 45.9 Å². The number of H-pyrrole nitrogens is 1. The van der Waals surface area contributed by atoms with Crippen LogP contribution in [-0.4, -0.2) is 64.8 Å². The average Bonchev–Trinajstić information content (AvgIpc) is 3.47. The van der Waals surface area contributed by atoms with Gasteiger partial charge in [-0.15, -0.1) is 0 Å². The van der Waals surface area contributed by atoms with Crippen LogP contribution in [0.3, 0.4) is 0 Å². The summed E-state index contributed by atoms with van der Waals surface area (Å²) in [4.78, 5) is 35.6. The fourth-order valence-corrected chi connectivity index (χ4v) is 5.67. The van der Waals surface area contributed by atoms with E-state index in [4.69, 9.17) is 25.8 Å². The van der Waals surface area contributed by atoms with Crippen LogP contribution in [0.5, 0.6) is 11.5 Å². The molecule has 2 aromatic heterocycles. The molecule has 0 unspecified atom stereocenters. The molecule has 1 aromatic carbocycles. The number of methoxy groups -OCH3 is 1. The van der Waals surface area contributed by atoms with Crippen molar-refractivity contribution in [2.45, 2.75) is 64.6 Å². The molecule has 5 rings (SSSR count). The lowest BCUT2D eigenvalue weighted by Crippen LogP contribution is -2.45. The summed E-state index contributed by atoms with van der Waals surface area (Å²) in [5.41, 5.74) is 3.35. The second-order valence-electron chi connectivity index (χ2n) is 11.3. The number of anilines is 2. The first-order valence-electron chi connectivity index (χ1n) is 13.8. The number of nitrogens with zero attached hydrogens (tertiary/aromatic N) is 2. The Morgan fingerprint density at radius 3 is 2.80 bits per heavy atom. The summed E-state index contributed by atoms with van der Waals surface area (Å²) < 4.78 is 17.6. The molecule has 0 radical (unpaired) electrons. The van der Waals surface area contributed by atoms with Gasteiger partial charge in [0.2, 0.25) is 0 Å². The van der Waals surface area contributed by atoms with Gasteiger partial charge in [-0.05, 0) is 58.7 Å². The topological polar surface area (TPSA) is 118 Å². The van der Waals surface area contributed by atoms with Crippen molar-refractivity contribution in [2.75, 3.05) is 25.6 Å². The van der Waals surface area contributed by atoms with E-state index in [-0.39, 0.29) is 30.7 Å². The van der Waals surface area contributed by atoms with Crippen molar-refractivity contribution in [3.8, 4) is 22.8 Å². The van der Waals surface area contributed by atoms with Gasteiger partial charge in [0, 0.05) is 36.5 Å². The van der Waals surface area contributed by atoms with E-state index in [0.717, 1.165) is 24.1 Å². The second-order valence-corrected chi connectivity index (χ2v) is 11.7. The number of rotatable bonds is 7. The second kappa shape index (κ2) is 11.5. The van der Waals surface area contributed by atoms with Crippen LogP contribution in [0.2, 0.25) is 5.02 Å². The number of amides is 2. The minimum atomic E-state index is -0.588. The summed E-state index contributed by atoms with van der Waals surface area (Å²) in [5, 5.41) is 6.77. The summed E-state index contributed by atoms with van der Waals surface area (Å²) in [7, 11) is 1.55. The standard InChI is InChI=1S/C30H36ClN5O5/c1-17-9-10-18(36(17)29(38)41-30(2,3)4)16-40-23-15-32-13-11-19(23)25-26(24-21(34-25)12-14-33-28(24)37)35-22-8-6-7-20(31)27(22)39-5/h6-8,11,13,15,17-18,34-35H,9-10,12,14,16H2,1-5H3,(H,33,37)/t17-,18-/m1/s1. The molecule has 218 valence electrons. The fraction of sp³-hybridized carbons (Fsp3) is 0.433. The highest BCUT2D eigenvalue weighted by Gasteiger charge is 2.38. The number of hydrogen-bond acceptors (Lipinski definition) is 7. The zero-order valence-electron chi connectivity index (χ0n) is 24.0. The Morgan fingerprint density at radius 1 is 1.24 bits per heavy atom. The number of likely N-dealkylation sites (tertiary alicyclic amines) is 1. The molecule has 0 spiro atoms. The number of benzene rings is 1. The highest BCUT2D eigenvalue weighted by molar-refractivity contribution is 6.32. The Labute approximate surface area is 244 Å². The van der Waals surface area contributed by atoms with Gasteiger partial charge in [0.1, 0.15) is 18.0 Å². The highest BCUT2D eigenvalue weighted by Crippen LogP contribution is 2.43. The molecule has 1 saturated heterocycles. The number of carbonyl (C=O) groups excluding carboxylic acids is 2. The van der Waals surface area contributed by atoms with Crippen molar-refractivity contribution in [2.24, 2.45) is 0 Å². The average molecular weight is 582 g/mol. The zero-order chi connectivity index (χ0) is 29.3. The Hall–Kier alpha value is -3.92. The molecule has 1 fully saturated rings. The fourth-order valence-electron chi connectivity index (χ4n) is 5.42. The molecule has 0 saturated carbocycles. The number of aromatic nitrogens is 2. The minimum absolute atomic E-state index is 0.0453. The molecule has 3 aromatic rings. The number of pyridine rings is 1. The lowest BCUT2D eigenvalue weighted by Gasteiger charge is -2.31. The third kappa shape index (κ3) is 5.93. The number of fused-ring (bicyclic) bond motifs is 1. The first-order valence-corrected chi connectivity index (χ1v) is 14.2. The van der Waals surface area contributed by atoms with Crippen LogP contribution < -0.4 is 20.1 Å². The van der Waals surface area contributed by atoms with Gasteiger partial charge in [-0.25, -0.2) is 4.79 Å². The summed E-state index contributed by atoms with van der Waals surface area (Å²) in [6, 6.07) is 7.13. The van der Waals surface area contributed by atoms with E-state index in [0.29, 0.717) is 52.1 Å². The van der Waals surface area contributed by atoms with E-state index in [2.05, 4.69) is 20.6 Å². The zero-order valence-corrected chi connectivity index (χ0v) is 24.7. The molecule has 11 heteroatoms. The summed E-state index contributed by atoms with van der Waals surface area (Å²) >= 11 is 6.39. The maximum absolute atomic E-state index is 13.1. The number of nitrogens with one attached hydrogen (secondary N) is 3. The molecule has 2 aliphatic rings. The van der Waals surface area contributed by atoms with Crippen LogP contribution >= 0.6 is 11.6 Å². The van der Waals surface area contributed by atoms with Crippen LogP contribution in [0.1, 0.15) is 56.6 Å². The molecule has 41 heavy (non-hydrogen) atoms. The molecule has 3 N–H and O–H groups in total. The lowest BCUT2D eigenvalue weighted by atomic mass is 10.0. The first kappa shape index (κ1) is 28.6. The molecule has 2 amide bonds. The predicted octanol–water partition coefficient (Wildman–Crippen LogP) is 5.94. The predicted molar refractivity (Wildman–Crippen MR) is 157 cm³/mol. The Bertz CT molecular complexity index is 1450. The molecular weight excluding hydrogens is 546 g/mol. The van der Waals surface area contributed by atoms with E-state index in [9.17, 15) is 9.59 Å². The SMILES string of the molecule is COc1c(Cl)cccc1Nc1c(-c2ccncc2OC[C@H]2CC[C@@H](C)N2C(=O)OC(C)(C)C)[nH]c2c1C(=O)NCC2. The summed E-state index contributed by atoms with van der Waals surface area (Å²) in [6.45, 7) is 8.41. The van der Waals surface area contributed by atoms with Gasteiger partial charge in [0.15, 0.2) is 5.75 Å². The number of ether oxygens (including phenoxy) is 3. The van der Waals surface area contributed by atoms with Crippen LogP contribution in [0.4, 0.5) is 16.2 Å². The summed E-state index contributed by atoms with van der Waals surface area (Å²) in [6.07, 6.45) is 5.29. The van der Waals surface area contributed by atoms with Gasteiger partial charge in [-0.3, -0.25) is 14.7 Å². The number of carbonyl (C=O) groups is 2. The Balaban J connectivity index is 1.48. The van der Waals surface area contributed by atoms with E-state index < -0.39 is 5.60 Å². The van der Waals surface area contributed by atoms with Gasteiger partial charge >= 0.3 is 6.09 Å². The lowest BCUT2D eigenvalue weighted by molar-refractivity contribution is 0.0118. The molecule has 10 nitrogen and oxygen atoms in total. The van der Waals surface area contributed by atoms with Gasteiger partial charge in [0.05, 0.1) is 47.0 Å². The molecule has 4 heterocycles. The van der Waals surface area contributed by atoms with E-state index in [1.165, 1.54) is 0 Å². The van der Waals surface area contributed by atoms with E-state index >= 15 is 0 Å². The van der Waals surface area contributed by atoms with E-state index in [1.54, 1.807) is 30.5 Å². The third-order valence-electron chi connectivity index (χ3n) is 7.27. The third-order valence-corrected chi connectivity index (χ3v) is 7.57. The highest BCUT2D eigenvalue weighted by atomic mass is 35.5. The van der Waals surface area contributed by atoms with Gasteiger partial charge < -0.3 is 29.8 Å². The molecule has 2 aliphatic heterocycles. The maximum atomic E-state index is 13.1. The minimum Gasteiger partial charge on any atom is -0.493 e. The monoisotopic (exact) mass is 581 g/mol. The molecular formula is C30H36ClN5O5. The van der Waals surface area contributed by atoms with Crippen molar-refractivity contribution in [3.05, 3.63) is 52.9 Å². The maximum Gasteiger partial charge on any atom is 0.410 e. The van der Waals surface area contributed by atoms with Crippen LogP contribution in [0, 0.1) is 0 Å².